The summed E-state index contributed by atoms with van der Waals surface area (Å²) in [6.07, 6.45) is 1.84. The fourth-order valence-electron chi connectivity index (χ4n) is 2.16. The van der Waals surface area contributed by atoms with E-state index in [0.29, 0.717) is 5.88 Å². The van der Waals surface area contributed by atoms with Crippen molar-refractivity contribution in [3.05, 3.63) is 58.8 Å². The van der Waals surface area contributed by atoms with E-state index in [1.54, 1.807) is 7.11 Å². The molecule has 3 heteroatoms. The minimum atomic E-state index is 0.651. The smallest absolute Gasteiger partial charge is 0.212 e. The molecule has 0 fully saturated rings. The Morgan fingerprint density at radius 2 is 1.68 bits per heavy atom. The van der Waals surface area contributed by atoms with Gasteiger partial charge >= 0.3 is 0 Å². The van der Waals surface area contributed by atoms with Crippen LogP contribution >= 0.6 is 0 Å². The molecule has 0 radical (unpaired) electrons. The molecule has 3 nitrogen and oxygen atoms in total. The molecular formula is C16H20N2O. The topological polar surface area (TPSA) is 34.1 Å². The number of nitrogens with zero attached hydrogens (tertiary/aromatic N) is 1. The van der Waals surface area contributed by atoms with Gasteiger partial charge in [0, 0.05) is 25.4 Å². The highest BCUT2D eigenvalue weighted by Gasteiger charge is 1.98. The maximum absolute atomic E-state index is 5.04. The van der Waals surface area contributed by atoms with Crippen molar-refractivity contribution in [2.45, 2.75) is 26.9 Å². The van der Waals surface area contributed by atoms with Crippen LogP contribution in [-0.4, -0.2) is 12.1 Å². The quantitative estimate of drug-likeness (QED) is 0.893. The lowest BCUT2D eigenvalue weighted by molar-refractivity contribution is 0.397. The molecule has 0 saturated carbocycles. The van der Waals surface area contributed by atoms with Gasteiger partial charge in [-0.2, -0.15) is 0 Å². The van der Waals surface area contributed by atoms with Gasteiger partial charge in [0.25, 0.3) is 0 Å². The van der Waals surface area contributed by atoms with E-state index in [-0.39, 0.29) is 0 Å². The summed E-state index contributed by atoms with van der Waals surface area (Å²) < 4.78 is 5.04. The zero-order chi connectivity index (χ0) is 13.7. The van der Waals surface area contributed by atoms with Crippen LogP contribution in [0.1, 0.15) is 22.3 Å². The third-order valence-electron chi connectivity index (χ3n) is 2.95. The summed E-state index contributed by atoms with van der Waals surface area (Å²) in [4.78, 5) is 4.19. The van der Waals surface area contributed by atoms with E-state index in [9.17, 15) is 0 Å². The van der Waals surface area contributed by atoms with E-state index >= 15 is 0 Å². The second kappa shape index (κ2) is 6.34. The zero-order valence-electron chi connectivity index (χ0n) is 11.7. The molecule has 0 unspecified atom stereocenters. The van der Waals surface area contributed by atoms with E-state index in [4.69, 9.17) is 4.74 Å². The highest BCUT2D eigenvalue weighted by molar-refractivity contribution is 5.28. The maximum Gasteiger partial charge on any atom is 0.212 e. The first-order valence-electron chi connectivity index (χ1n) is 6.44. The fourth-order valence-corrected chi connectivity index (χ4v) is 2.16. The van der Waals surface area contributed by atoms with Gasteiger partial charge in [-0.1, -0.05) is 35.4 Å². The summed E-state index contributed by atoms with van der Waals surface area (Å²) >= 11 is 0. The van der Waals surface area contributed by atoms with Gasteiger partial charge in [-0.25, -0.2) is 4.98 Å². The average molecular weight is 256 g/mol. The molecule has 1 aromatic carbocycles. The minimum absolute atomic E-state index is 0.651. The summed E-state index contributed by atoms with van der Waals surface area (Å²) in [5.74, 6) is 0.651. The van der Waals surface area contributed by atoms with Gasteiger partial charge in [0.05, 0.1) is 7.11 Å². The first-order valence-corrected chi connectivity index (χ1v) is 6.44. The van der Waals surface area contributed by atoms with Gasteiger partial charge in [0.1, 0.15) is 0 Å². The Labute approximate surface area is 114 Å². The molecule has 0 atom stereocenters. The van der Waals surface area contributed by atoms with E-state index < -0.39 is 0 Å². The third kappa shape index (κ3) is 4.07. The van der Waals surface area contributed by atoms with Crippen LogP contribution in [0.15, 0.2) is 36.5 Å². The molecule has 0 amide bonds. The van der Waals surface area contributed by atoms with Crippen molar-refractivity contribution < 1.29 is 4.74 Å². The lowest BCUT2D eigenvalue weighted by Crippen LogP contribution is -2.13. The summed E-state index contributed by atoms with van der Waals surface area (Å²) in [5, 5.41) is 3.43. The number of aromatic nitrogens is 1. The summed E-state index contributed by atoms with van der Waals surface area (Å²) in [6.45, 7) is 5.94. The van der Waals surface area contributed by atoms with Gasteiger partial charge in [-0.05, 0) is 25.0 Å². The molecule has 0 spiro atoms. The second-order valence-electron chi connectivity index (χ2n) is 4.81. The number of rotatable bonds is 5. The summed E-state index contributed by atoms with van der Waals surface area (Å²) in [7, 11) is 1.63. The zero-order valence-corrected chi connectivity index (χ0v) is 11.7. The standard InChI is InChI=1S/C16H20N2O/c1-12-6-13(2)8-15(7-12)10-17-9-14-4-5-16(19-3)18-11-14/h4-8,11,17H,9-10H2,1-3H3. The largest absolute Gasteiger partial charge is 0.481 e. The van der Waals surface area contributed by atoms with Crippen molar-refractivity contribution in [3.63, 3.8) is 0 Å². The SMILES string of the molecule is COc1ccc(CNCc2cc(C)cc(C)c2)cn1. The Bertz CT molecular complexity index is 515. The fraction of sp³-hybridized carbons (Fsp3) is 0.312. The van der Waals surface area contributed by atoms with Crippen molar-refractivity contribution >= 4 is 0 Å². The molecule has 100 valence electrons. The molecule has 0 aliphatic rings. The number of benzene rings is 1. The lowest BCUT2D eigenvalue weighted by Gasteiger charge is -2.07. The van der Waals surface area contributed by atoms with Crippen molar-refractivity contribution in [3.8, 4) is 5.88 Å². The Hall–Kier alpha value is -1.87. The van der Waals surface area contributed by atoms with Crippen molar-refractivity contribution in [1.82, 2.24) is 10.3 Å². The Balaban J connectivity index is 1.88. The van der Waals surface area contributed by atoms with Crippen LogP contribution in [0.25, 0.3) is 0 Å². The van der Waals surface area contributed by atoms with Crippen LogP contribution in [0.2, 0.25) is 0 Å². The molecule has 2 rings (SSSR count). The van der Waals surface area contributed by atoms with E-state index in [1.807, 2.05) is 18.3 Å². The van der Waals surface area contributed by atoms with Gasteiger partial charge in [-0.15, -0.1) is 0 Å². The summed E-state index contributed by atoms with van der Waals surface area (Å²) in [5.41, 5.74) is 5.09. The number of nitrogens with one attached hydrogen (secondary N) is 1. The number of methoxy groups -OCH3 is 1. The molecule has 0 saturated heterocycles. The number of ether oxygens (including phenoxy) is 1. The predicted octanol–water partition coefficient (Wildman–Crippen LogP) is 3.00. The average Bonchev–Trinajstić information content (AvgIpc) is 2.38. The molecule has 0 aliphatic heterocycles. The van der Waals surface area contributed by atoms with Crippen LogP contribution in [0.3, 0.4) is 0 Å². The number of pyridine rings is 1. The molecule has 0 aliphatic carbocycles. The van der Waals surface area contributed by atoms with Gasteiger partial charge in [-0.3, -0.25) is 0 Å². The van der Waals surface area contributed by atoms with Crippen molar-refractivity contribution in [2.75, 3.05) is 7.11 Å². The molecular weight excluding hydrogens is 236 g/mol. The monoisotopic (exact) mass is 256 g/mol. The Kier molecular flexibility index (Phi) is 4.53. The molecule has 1 heterocycles. The first-order chi connectivity index (χ1) is 9.17. The van der Waals surface area contributed by atoms with Crippen molar-refractivity contribution in [1.29, 1.82) is 0 Å². The highest BCUT2D eigenvalue weighted by atomic mass is 16.5. The molecule has 1 aromatic heterocycles. The number of aryl methyl sites for hydroxylation is 2. The van der Waals surface area contributed by atoms with Crippen molar-refractivity contribution in [2.24, 2.45) is 0 Å². The molecule has 0 bridgehead atoms. The highest BCUT2D eigenvalue weighted by Crippen LogP contribution is 2.09. The predicted molar refractivity (Wildman–Crippen MR) is 77.2 cm³/mol. The second-order valence-corrected chi connectivity index (χ2v) is 4.81. The Morgan fingerprint density at radius 3 is 2.26 bits per heavy atom. The molecule has 2 aromatic rings. The maximum atomic E-state index is 5.04. The van der Waals surface area contributed by atoms with Crippen LogP contribution < -0.4 is 10.1 Å². The summed E-state index contributed by atoms with van der Waals surface area (Å²) in [6, 6.07) is 10.5. The van der Waals surface area contributed by atoms with Crippen LogP contribution in [0.4, 0.5) is 0 Å². The van der Waals surface area contributed by atoms with Gasteiger partial charge in [0.2, 0.25) is 5.88 Å². The molecule has 19 heavy (non-hydrogen) atoms. The molecule has 1 N–H and O–H groups in total. The van der Waals surface area contributed by atoms with Crippen LogP contribution in [-0.2, 0) is 13.1 Å². The lowest BCUT2D eigenvalue weighted by atomic mass is 10.1. The van der Waals surface area contributed by atoms with E-state index in [2.05, 4.69) is 42.3 Å². The van der Waals surface area contributed by atoms with Crippen LogP contribution in [0, 0.1) is 13.8 Å². The minimum Gasteiger partial charge on any atom is -0.481 e. The van der Waals surface area contributed by atoms with E-state index in [0.717, 1.165) is 18.7 Å². The number of hydrogen-bond acceptors (Lipinski definition) is 3. The number of hydrogen-bond donors (Lipinski definition) is 1. The normalized spacial score (nSPS) is 10.5. The van der Waals surface area contributed by atoms with Crippen LogP contribution in [0.5, 0.6) is 5.88 Å². The Morgan fingerprint density at radius 1 is 1.00 bits per heavy atom. The van der Waals surface area contributed by atoms with Gasteiger partial charge < -0.3 is 10.1 Å². The third-order valence-corrected chi connectivity index (χ3v) is 2.95. The van der Waals surface area contributed by atoms with E-state index in [1.165, 1.54) is 16.7 Å². The van der Waals surface area contributed by atoms with Gasteiger partial charge in [0.15, 0.2) is 0 Å². The first kappa shape index (κ1) is 13.6.